The van der Waals surface area contributed by atoms with Gasteiger partial charge in [0, 0.05) is 13.1 Å². The largest absolute Gasteiger partial charge is 0.484 e. The molecule has 0 bridgehead atoms. The van der Waals surface area contributed by atoms with Gasteiger partial charge in [-0.15, -0.1) is 0 Å². The van der Waals surface area contributed by atoms with Crippen LogP contribution in [0.2, 0.25) is 0 Å². The second-order valence-electron chi connectivity index (χ2n) is 5.59. The Morgan fingerprint density at radius 3 is 2.43 bits per heavy atom. The van der Waals surface area contributed by atoms with Crippen molar-refractivity contribution >= 4 is 16.7 Å². The minimum absolute atomic E-state index is 0.102. The van der Waals surface area contributed by atoms with Crippen molar-refractivity contribution in [1.29, 1.82) is 0 Å². The lowest BCUT2D eigenvalue weighted by atomic mass is 10.1. The Morgan fingerprint density at radius 1 is 0.952 bits per heavy atom. The molecule has 1 saturated heterocycles. The van der Waals surface area contributed by atoms with Crippen molar-refractivity contribution in [3.05, 3.63) is 42.5 Å². The molecule has 0 saturated carbocycles. The highest BCUT2D eigenvalue weighted by atomic mass is 16.5. The van der Waals surface area contributed by atoms with Crippen LogP contribution in [-0.4, -0.2) is 30.5 Å². The fourth-order valence-electron chi connectivity index (χ4n) is 2.81. The number of benzene rings is 2. The zero-order valence-corrected chi connectivity index (χ0v) is 12.3. The summed E-state index contributed by atoms with van der Waals surface area (Å²) < 4.78 is 5.68. The van der Waals surface area contributed by atoms with E-state index in [0.29, 0.717) is 0 Å². The Labute approximate surface area is 125 Å². The van der Waals surface area contributed by atoms with Gasteiger partial charge in [0.2, 0.25) is 0 Å². The number of fused-ring (bicyclic) bond motifs is 1. The van der Waals surface area contributed by atoms with E-state index in [1.54, 1.807) is 0 Å². The molecule has 0 spiro atoms. The van der Waals surface area contributed by atoms with Crippen molar-refractivity contribution in [2.75, 3.05) is 19.7 Å². The maximum absolute atomic E-state index is 12.2. The van der Waals surface area contributed by atoms with Crippen LogP contribution in [-0.2, 0) is 4.79 Å². The standard InChI is InChI=1S/C18H21NO2/c20-18(19-11-5-1-2-6-12-19)14-21-17-10-9-15-7-3-4-8-16(15)13-17/h3-4,7-10,13H,1-2,5-6,11-12,14H2. The van der Waals surface area contributed by atoms with Gasteiger partial charge in [-0.25, -0.2) is 0 Å². The summed E-state index contributed by atoms with van der Waals surface area (Å²) in [6.45, 7) is 1.89. The molecular formula is C18H21NO2. The topological polar surface area (TPSA) is 29.5 Å². The summed E-state index contributed by atoms with van der Waals surface area (Å²) in [4.78, 5) is 14.1. The number of likely N-dealkylation sites (tertiary alicyclic amines) is 1. The molecular weight excluding hydrogens is 262 g/mol. The van der Waals surface area contributed by atoms with Gasteiger partial charge in [0.15, 0.2) is 6.61 Å². The smallest absolute Gasteiger partial charge is 0.260 e. The third kappa shape index (κ3) is 3.54. The first-order valence-electron chi connectivity index (χ1n) is 7.72. The zero-order valence-electron chi connectivity index (χ0n) is 12.3. The maximum Gasteiger partial charge on any atom is 0.260 e. The van der Waals surface area contributed by atoms with E-state index in [1.165, 1.54) is 18.2 Å². The highest BCUT2D eigenvalue weighted by molar-refractivity contribution is 5.84. The molecule has 1 amide bonds. The Balaban J connectivity index is 1.61. The van der Waals surface area contributed by atoms with Gasteiger partial charge in [-0.3, -0.25) is 4.79 Å². The number of amides is 1. The third-order valence-corrected chi connectivity index (χ3v) is 4.04. The molecule has 1 aliphatic heterocycles. The number of rotatable bonds is 3. The average molecular weight is 283 g/mol. The molecule has 0 aromatic heterocycles. The molecule has 3 rings (SSSR count). The van der Waals surface area contributed by atoms with Crippen molar-refractivity contribution in [1.82, 2.24) is 4.90 Å². The van der Waals surface area contributed by atoms with E-state index in [0.717, 1.165) is 37.1 Å². The highest BCUT2D eigenvalue weighted by Gasteiger charge is 2.15. The van der Waals surface area contributed by atoms with Crippen molar-refractivity contribution < 1.29 is 9.53 Å². The van der Waals surface area contributed by atoms with Gasteiger partial charge < -0.3 is 9.64 Å². The van der Waals surface area contributed by atoms with E-state index in [2.05, 4.69) is 12.1 Å². The van der Waals surface area contributed by atoms with Gasteiger partial charge in [0.25, 0.3) is 5.91 Å². The fraction of sp³-hybridized carbons (Fsp3) is 0.389. The summed E-state index contributed by atoms with van der Waals surface area (Å²) in [6, 6.07) is 14.1. The van der Waals surface area contributed by atoms with Crippen LogP contribution >= 0.6 is 0 Å². The molecule has 21 heavy (non-hydrogen) atoms. The SMILES string of the molecule is O=C(COc1ccc2ccccc2c1)N1CCCCCC1. The highest BCUT2D eigenvalue weighted by Crippen LogP contribution is 2.20. The minimum Gasteiger partial charge on any atom is -0.484 e. The van der Waals surface area contributed by atoms with E-state index in [9.17, 15) is 4.79 Å². The van der Waals surface area contributed by atoms with E-state index in [1.807, 2.05) is 35.2 Å². The molecule has 0 atom stereocenters. The lowest BCUT2D eigenvalue weighted by Crippen LogP contribution is -2.35. The Morgan fingerprint density at radius 2 is 1.67 bits per heavy atom. The second-order valence-corrected chi connectivity index (χ2v) is 5.59. The van der Waals surface area contributed by atoms with Crippen LogP contribution in [0.3, 0.4) is 0 Å². The molecule has 0 radical (unpaired) electrons. The third-order valence-electron chi connectivity index (χ3n) is 4.04. The summed E-state index contributed by atoms with van der Waals surface area (Å²) in [5, 5.41) is 2.32. The summed E-state index contributed by atoms with van der Waals surface area (Å²) in [7, 11) is 0. The van der Waals surface area contributed by atoms with E-state index in [-0.39, 0.29) is 12.5 Å². The lowest BCUT2D eigenvalue weighted by molar-refractivity contribution is -0.133. The number of ether oxygens (including phenoxy) is 1. The fourth-order valence-corrected chi connectivity index (χ4v) is 2.81. The number of hydrogen-bond acceptors (Lipinski definition) is 2. The Bertz CT molecular complexity index is 615. The first-order valence-corrected chi connectivity index (χ1v) is 7.72. The van der Waals surface area contributed by atoms with Crippen molar-refractivity contribution in [2.24, 2.45) is 0 Å². The molecule has 3 heteroatoms. The van der Waals surface area contributed by atoms with Crippen molar-refractivity contribution in [2.45, 2.75) is 25.7 Å². The predicted octanol–water partition coefficient (Wildman–Crippen LogP) is 3.62. The molecule has 3 nitrogen and oxygen atoms in total. The number of carbonyl (C=O) groups excluding carboxylic acids is 1. The van der Waals surface area contributed by atoms with Crippen LogP contribution in [0.4, 0.5) is 0 Å². The summed E-state index contributed by atoms with van der Waals surface area (Å²) in [6.07, 6.45) is 4.69. The van der Waals surface area contributed by atoms with Gasteiger partial charge in [-0.05, 0) is 35.7 Å². The molecule has 2 aromatic rings. The average Bonchev–Trinajstić information content (AvgIpc) is 2.81. The first-order chi connectivity index (χ1) is 10.3. The Kier molecular flexibility index (Phi) is 4.39. The molecule has 0 aliphatic carbocycles. The van der Waals surface area contributed by atoms with Gasteiger partial charge >= 0.3 is 0 Å². The molecule has 1 aliphatic rings. The predicted molar refractivity (Wildman–Crippen MR) is 84.5 cm³/mol. The molecule has 0 N–H and O–H groups in total. The molecule has 1 heterocycles. The summed E-state index contributed by atoms with van der Waals surface area (Å²) in [5.74, 6) is 0.863. The van der Waals surface area contributed by atoms with Gasteiger partial charge in [0.05, 0.1) is 0 Å². The summed E-state index contributed by atoms with van der Waals surface area (Å²) >= 11 is 0. The van der Waals surface area contributed by atoms with Crippen molar-refractivity contribution in [3.63, 3.8) is 0 Å². The first kappa shape index (κ1) is 13.9. The van der Waals surface area contributed by atoms with Crippen LogP contribution < -0.4 is 4.74 Å². The molecule has 1 fully saturated rings. The van der Waals surface area contributed by atoms with Crippen LogP contribution in [0, 0.1) is 0 Å². The van der Waals surface area contributed by atoms with Crippen LogP contribution in [0.1, 0.15) is 25.7 Å². The normalized spacial score (nSPS) is 15.7. The minimum atomic E-state index is 0.102. The van der Waals surface area contributed by atoms with E-state index in [4.69, 9.17) is 4.74 Å². The second kappa shape index (κ2) is 6.61. The van der Waals surface area contributed by atoms with Crippen LogP contribution in [0.15, 0.2) is 42.5 Å². The van der Waals surface area contributed by atoms with E-state index < -0.39 is 0 Å². The number of nitrogens with zero attached hydrogens (tertiary/aromatic N) is 1. The quantitative estimate of drug-likeness (QED) is 0.861. The molecule has 0 unspecified atom stereocenters. The molecule has 110 valence electrons. The van der Waals surface area contributed by atoms with Crippen LogP contribution in [0.25, 0.3) is 10.8 Å². The van der Waals surface area contributed by atoms with Gasteiger partial charge in [0.1, 0.15) is 5.75 Å². The summed E-state index contributed by atoms with van der Waals surface area (Å²) in [5.41, 5.74) is 0. The van der Waals surface area contributed by atoms with Crippen LogP contribution in [0.5, 0.6) is 5.75 Å². The molecule has 2 aromatic carbocycles. The number of carbonyl (C=O) groups is 1. The van der Waals surface area contributed by atoms with E-state index >= 15 is 0 Å². The van der Waals surface area contributed by atoms with Crippen molar-refractivity contribution in [3.8, 4) is 5.75 Å². The maximum atomic E-state index is 12.2. The monoisotopic (exact) mass is 283 g/mol. The zero-order chi connectivity index (χ0) is 14.5. The van der Waals surface area contributed by atoms with Gasteiger partial charge in [-0.1, -0.05) is 43.2 Å². The number of hydrogen-bond donors (Lipinski definition) is 0. The van der Waals surface area contributed by atoms with Gasteiger partial charge in [-0.2, -0.15) is 0 Å². The lowest BCUT2D eigenvalue weighted by Gasteiger charge is -2.20. The Hall–Kier alpha value is -2.03.